The molecule has 0 unspecified atom stereocenters. The summed E-state index contributed by atoms with van der Waals surface area (Å²) in [5.41, 5.74) is 18.7. The normalized spacial score (nSPS) is 15.1. The predicted molar refractivity (Wildman–Crippen MR) is 588 cm³/mol. The van der Waals surface area contributed by atoms with Crippen molar-refractivity contribution in [3.05, 3.63) is 275 Å². The first-order valence-electron chi connectivity index (χ1n) is 48.2. The Kier molecular flexibility index (Phi) is 42.7. The van der Waals surface area contributed by atoms with E-state index in [0.717, 1.165) is 244 Å². The number of para-hydroxylation sites is 7. The third-order valence-electron chi connectivity index (χ3n) is 26.5. The molecule has 6 aromatic heterocycles. The minimum atomic E-state index is 0. The Morgan fingerprint density at radius 1 is 0.283 bits per heavy atom. The number of benzene rings is 10. The molecule has 33 heteroatoms. The molecule has 5 fully saturated rings. The van der Waals surface area contributed by atoms with E-state index in [9.17, 15) is 0 Å². The lowest BCUT2D eigenvalue weighted by Gasteiger charge is -2.36. The summed E-state index contributed by atoms with van der Waals surface area (Å²) in [6.45, 7) is 37.0. The number of anilines is 5. The second kappa shape index (κ2) is 54.9. The molecule has 5 aliphatic heterocycles. The van der Waals surface area contributed by atoms with E-state index in [0.29, 0.717) is 10.0 Å². The van der Waals surface area contributed by atoms with Gasteiger partial charge in [0, 0.05) is 191 Å². The quantitative estimate of drug-likeness (QED) is 0.0389. The SMILES string of the molecule is Cc1cccc(N2CCN(CCCCn3cnc4ccccc43)CC2)c1.Cc1cccc(N2CCN(CCCCn3nnc4ccccc43)CC2)c1.Cl.Cl.Cl.Cl.Cl.Clc1cccc(N2CCN(CCCCn3cnc4ccccc43)CC2)c1Cl.Clc1cccc(N2CCN(CCCCn3nnc4ccccc43)CC2)c1.c1ccc2c(c1)nnn2CCCCN1CCN(c2nsc3ccccc23)CC1. The summed E-state index contributed by atoms with van der Waals surface area (Å²) in [6.07, 6.45) is 15.7. The zero-order valence-electron chi connectivity index (χ0n) is 79.3. The van der Waals surface area contributed by atoms with E-state index in [2.05, 4.69) is 271 Å². The fourth-order valence-electron chi connectivity index (χ4n) is 18.9. The number of aryl methyl sites for hydroxylation is 7. The molecular weight excluding hydrogens is 1910 g/mol. The lowest BCUT2D eigenvalue weighted by Crippen LogP contribution is -2.46. The highest BCUT2D eigenvalue weighted by Crippen LogP contribution is 2.35. The number of halogens is 8. The lowest BCUT2D eigenvalue weighted by atomic mass is 10.2. The molecule has 0 atom stereocenters. The zero-order chi connectivity index (χ0) is 90.7. The number of hydrogen-bond donors (Lipinski definition) is 0. The fraction of sp³-hybridized carbons (Fsp3) is 0.400. The molecule has 24 nitrogen and oxygen atoms in total. The Morgan fingerprint density at radius 3 is 0.993 bits per heavy atom. The maximum atomic E-state index is 6.36. The number of imidazole rings is 2. The van der Waals surface area contributed by atoms with Crippen LogP contribution in [-0.2, 0) is 32.7 Å². The molecule has 0 aliphatic carbocycles. The number of hydrogen-bond acceptors (Lipinski definition) is 20. The van der Waals surface area contributed by atoms with Crippen LogP contribution in [0.15, 0.2) is 249 Å². The summed E-state index contributed by atoms with van der Waals surface area (Å²) in [4.78, 5) is 34.0. The average Bonchev–Trinajstić information content (AvgIpc) is 1.61. The number of aromatic nitrogens is 14. The highest BCUT2D eigenvalue weighted by Gasteiger charge is 2.25. The van der Waals surface area contributed by atoms with Crippen LogP contribution in [0, 0.1) is 13.8 Å². The first-order chi connectivity index (χ1) is 65.5. The highest BCUT2D eigenvalue weighted by atomic mass is 35.5. The van der Waals surface area contributed by atoms with Gasteiger partial charge in [-0.05, 0) is 261 Å². The molecule has 734 valence electrons. The van der Waals surface area contributed by atoms with Crippen molar-refractivity contribution in [2.24, 2.45) is 0 Å². The van der Waals surface area contributed by atoms with E-state index in [1.54, 1.807) is 11.5 Å². The van der Waals surface area contributed by atoms with E-state index in [1.807, 2.05) is 106 Å². The lowest BCUT2D eigenvalue weighted by molar-refractivity contribution is 0.250. The smallest absolute Gasteiger partial charge is 0.150 e. The van der Waals surface area contributed by atoms with Crippen LogP contribution in [0.4, 0.5) is 28.6 Å². The summed E-state index contributed by atoms with van der Waals surface area (Å²) < 4.78 is 16.6. The monoisotopic (exact) mass is 2040 g/mol. The summed E-state index contributed by atoms with van der Waals surface area (Å²) in [7, 11) is 0. The summed E-state index contributed by atoms with van der Waals surface area (Å²) in [5.74, 6) is 1.17. The Balaban J connectivity index is 0.000000153. The molecule has 0 spiro atoms. The molecule has 0 bridgehead atoms. The molecule has 138 heavy (non-hydrogen) atoms. The van der Waals surface area contributed by atoms with Gasteiger partial charge in [0.15, 0.2) is 0 Å². The molecule has 11 heterocycles. The molecule has 16 aromatic rings. The Labute approximate surface area is 862 Å². The van der Waals surface area contributed by atoms with Gasteiger partial charge in [-0.3, -0.25) is 24.5 Å². The molecule has 0 radical (unpaired) electrons. The number of nitrogens with zero attached hydrogens (tertiary/aromatic N) is 24. The predicted octanol–water partition coefficient (Wildman–Crippen LogP) is 21.7. The second-order valence-electron chi connectivity index (χ2n) is 35.7. The maximum Gasteiger partial charge on any atom is 0.150 e. The Bertz CT molecular complexity index is 5940. The third kappa shape index (κ3) is 29.5. The maximum absolute atomic E-state index is 6.36. The van der Waals surface area contributed by atoms with E-state index >= 15 is 0 Å². The van der Waals surface area contributed by atoms with Crippen LogP contribution in [0.3, 0.4) is 0 Å². The van der Waals surface area contributed by atoms with Crippen molar-refractivity contribution in [2.75, 3.05) is 188 Å². The van der Waals surface area contributed by atoms with Gasteiger partial charge in [-0.15, -0.1) is 77.3 Å². The number of unbranched alkanes of at least 4 members (excludes halogenated alkanes) is 5. The van der Waals surface area contributed by atoms with Crippen LogP contribution in [0.2, 0.25) is 15.1 Å². The van der Waals surface area contributed by atoms with Gasteiger partial charge in [0.2, 0.25) is 0 Å². The van der Waals surface area contributed by atoms with Gasteiger partial charge in [-0.2, -0.15) is 4.37 Å². The van der Waals surface area contributed by atoms with E-state index in [1.165, 1.54) is 126 Å². The summed E-state index contributed by atoms with van der Waals surface area (Å²) >= 11 is 20.2. The van der Waals surface area contributed by atoms with Crippen molar-refractivity contribution >= 4 is 202 Å². The van der Waals surface area contributed by atoms with Gasteiger partial charge in [0.25, 0.3) is 0 Å². The summed E-state index contributed by atoms with van der Waals surface area (Å²) in [6, 6.07) is 81.5. The molecule has 21 rings (SSSR count). The Morgan fingerprint density at radius 2 is 0.601 bits per heavy atom. The summed E-state index contributed by atoms with van der Waals surface area (Å²) in [5, 5.41) is 28.9. The number of fused-ring (bicyclic) bond motifs is 6. The van der Waals surface area contributed by atoms with E-state index in [4.69, 9.17) is 39.2 Å². The van der Waals surface area contributed by atoms with Crippen molar-refractivity contribution in [3.63, 3.8) is 0 Å². The highest BCUT2D eigenvalue weighted by molar-refractivity contribution is 7.13. The van der Waals surface area contributed by atoms with Crippen molar-refractivity contribution in [3.8, 4) is 0 Å². The van der Waals surface area contributed by atoms with Crippen LogP contribution in [0.5, 0.6) is 0 Å². The van der Waals surface area contributed by atoms with Crippen molar-refractivity contribution in [1.82, 2.24) is 93.0 Å². The van der Waals surface area contributed by atoms with Crippen molar-refractivity contribution in [2.45, 2.75) is 111 Å². The van der Waals surface area contributed by atoms with Gasteiger partial charge in [-0.1, -0.05) is 160 Å². The first-order valence-corrected chi connectivity index (χ1v) is 50.1. The largest absolute Gasteiger partial charge is 0.369 e. The van der Waals surface area contributed by atoms with Crippen LogP contribution in [0.1, 0.15) is 75.3 Å². The van der Waals surface area contributed by atoms with Crippen LogP contribution >= 0.6 is 108 Å². The fourth-order valence-corrected chi connectivity index (χ4v) is 20.3. The zero-order valence-corrected chi connectivity index (χ0v) is 86.4. The van der Waals surface area contributed by atoms with E-state index in [-0.39, 0.29) is 62.0 Å². The molecule has 10 aromatic carbocycles. The van der Waals surface area contributed by atoms with Gasteiger partial charge >= 0.3 is 0 Å². The van der Waals surface area contributed by atoms with Gasteiger partial charge in [-0.25, -0.2) is 24.0 Å². The molecule has 0 saturated carbocycles. The van der Waals surface area contributed by atoms with E-state index < -0.39 is 0 Å². The topological polar surface area (TPSA) is 173 Å². The minimum absolute atomic E-state index is 0. The number of piperazine rings is 5. The van der Waals surface area contributed by atoms with Crippen molar-refractivity contribution < 1.29 is 0 Å². The van der Waals surface area contributed by atoms with Crippen molar-refractivity contribution in [1.29, 1.82) is 0 Å². The van der Waals surface area contributed by atoms with Crippen LogP contribution in [0.25, 0.3) is 65.3 Å². The van der Waals surface area contributed by atoms with Crippen LogP contribution in [-0.4, -0.2) is 257 Å². The molecule has 5 saturated heterocycles. The second-order valence-corrected chi connectivity index (χ2v) is 37.7. The van der Waals surface area contributed by atoms with Gasteiger partial charge < -0.3 is 33.6 Å². The van der Waals surface area contributed by atoms with Gasteiger partial charge in [0.05, 0.1) is 71.7 Å². The van der Waals surface area contributed by atoms with Crippen LogP contribution < -0.4 is 24.5 Å². The Hall–Kier alpha value is -9.65. The standard InChI is InChI=1S/C22H28N4.C21H24Cl2N4.C21H24N6S.C21H27N5.C20H24ClN5.5ClH/c1-19-7-6-8-20(17-19)25-15-13-24(14-16-25)11-4-5-12-26-18-23-21-9-2-3-10-22(21)26;22-17-6-5-9-20(21(17)23)26-14-12-25(13-15-26)10-3-4-11-27-16-24-18-7-1-2-8-19(18)27;1-4-10-20-17(7-1)21(23-28-20)26-15-13-25(14-16-26)11-5-6-12-27-19-9-3-2-8-18(19)22-24-27;1-18-7-6-8-19(17-18)25-15-13-24(14-16-25)11-4-5-12-26-21-10-3-2-9-20(21)22-23-26;21-17-6-5-7-18(16-17)25-14-12-24(13-15-25)10-3-4-11-26-20-9-2-1-8-19(20)22-23-26;;;;;/h2-3,6-10,17-18H,4-5,11-16H2,1H3;1-2,5-9,16H,3-4,10-15H2;1-4,7-10H,5-6,11-16H2;2-3,6-10,17H,4-5,11-16H2,1H3;1-2,5-9,16H,3-4,10-15H2;5*1H. The third-order valence-corrected chi connectivity index (χ3v) is 28.4. The average molecular weight is 2050 g/mol. The number of rotatable bonds is 30. The molecular formula is C105H132Cl8N24S. The minimum Gasteiger partial charge on any atom is -0.369 e. The first kappa shape index (κ1) is 107. The molecule has 0 N–H and O–H groups in total. The molecule has 5 aliphatic rings. The van der Waals surface area contributed by atoms with Gasteiger partial charge in [0.1, 0.15) is 22.4 Å². The molecule has 0 amide bonds.